The highest BCUT2D eigenvalue weighted by Gasteiger charge is 2.21. The zero-order valence-corrected chi connectivity index (χ0v) is 16.9. The second-order valence-electron chi connectivity index (χ2n) is 6.64. The molecule has 6 heteroatoms. The maximum Gasteiger partial charge on any atom is 0.257 e. The Morgan fingerprint density at radius 1 is 1.13 bits per heavy atom. The number of nitrogens with zero attached hydrogens (tertiary/aromatic N) is 3. The summed E-state index contributed by atoms with van der Waals surface area (Å²) in [4.78, 5) is 19.1. The molecule has 4 nitrogen and oxygen atoms in total. The van der Waals surface area contributed by atoms with Crippen LogP contribution >= 0.6 is 11.3 Å². The number of thiazole rings is 1. The molecule has 4 rings (SSSR count). The zero-order valence-electron chi connectivity index (χ0n) is 16.0. The van der Waals surface area contributed by atoms with Gasteiger partial charge in [0.25, 0.3) is 5.91 Å². The van der Waals surface area contributed by atoms with Gasteiger partial charge >= 0.3 is 0 Å². The number of hydrogen-bond acceptors (Lipinski definition) is 4. The van der Waals surface area contributed by atoms with Crippen LogP contribution in [0.3, 0.4) is 0 Å². The molecule has 0 unspecified atom stereocenters. The maximum atomic E-state index is 14.2. The number of rotatable bonds is 4. The third-order valence-electron chi connectivity index (χ3n) is 4.57. The maximum absolute atomic E-state index is 14.2. The standard InChI is InChI=1S/C24H16FN3OS/c1-16-6-12-19(14-20(16)25)28(24-27-21-4-2-3-5-22(21)30-24)23(29)13-11-17-7-9-18(15-26)10-8-17/h2-14H,1H3. The van der Waals surface area contributed by atoms with Crippen molar-refractivity contribution in [2.24, 2.45) is 0 Å². The molecule has 0 spiro atoms. The molecule has 0 bridgehead atoms. The number of hydrogen-bond donors (Lipinski definition) is 0. The molecule has 1 aromatic heterocycles. The molecule has 3 aromatic carbocycles. The van der Waals surface area contributed by atoms with Crippen LogP contribution in [0.5, 0.6) is 0 Å². The van der Waals surface area contributed by atoms with Gasteiger partial charge in [0.15, 0.2) is 5.13 Å². The van der Waals surface area contributed by atoms with Gasteiger partial charge < -0.3 is 0 Å². The highest BCUT2D eigenvalue weighted by atomic mass is 32.1. The van der Waals surface area contributed by atoms with Crippen LogP contribution in [-0.4, -0.2) is 10.9 Å². The smallest absolute Gasteiger partial charge is 0.257 e. The van der Waals surface area contributed by atoms with Crippen LogP contribution in [0.4, 0.5) is 15.2 Å². The van der Waals surface area contributed by atoms with Gasteiger partial charge in [-0.05, 0) is 60.5 Å². The minimum Gasteiger partial charge on any atom is -0.269 e. The fraction of sp³-hybridized carbons (Fsp3) is 0.0417. The SMILES string of the molecule is Cc1ccc(N(C(=O)C=Cc2ccc(C#N)cc2)c2nc3ccccc3s2)cc1F. The molecule has 1 heterocycles. The summed E-state index contributed by atoms with van der Waals surface area (Å²) in [6, 6.07) is 21.2. The fourth-order valence-electron chi connectivity index (χ4n) is 2.92. The van der Waals surface area contributed by atoms with Crippen LogP contribution < -0.4 is 4.90 Å². The van der Waals surface area contributed by atoms with Crippen molar-refractivity contribution in [3.8, 4) is 6.07 Å². The molecule has 0 N–H and O–H groups in total. The van der Waals surface area contributed by atoms with Crippen molar-refractivity contribution in [2.45, 2.75) is 6.92 Å². The number of fused-ring (bicyclic) bond motifs is 1. The van der Waals surface area contributed by atoms with E-state index in [2.05, 4.69) is 11.1 Å². The number of aromatic nitrogens is 1. The summed E-state index contributed by atoms with van der Waals surface area (Å²) in [5, 5.41) is 9.37. The van der Waals surface area contributed by atoms with E-state index < -0.39 is 0 Å². The Morgan fingerprint density at radius 3 is 2.60 bits per heavy atom. The topological polar surface area (TPSA) is 57.0 Å². The summed E-state index contributed by atoms with van der Waals surface area (Å²) < 4.78 is 15.2. The van der Waals surface area contributed by atoms with Crippen molar-refractivity contribution in [2.75, 3.05) is 4.90 Å². The monoisotopic (exact) mass is 413 g/mol. The summed E-state index contributed by atoms with van der Waals surface area (Å²) in [6.45, 7) is 1.67. The largest absolute Gasteiger partial charge is 0.269 e. The van der Waals surface area contributed by atoms with Crippen molar-refractivity contribution < 1.29 is 9.18 Å². The van der Waals surface area contributed by atoms with Crippen LogP contribution in [0, 0.1) is 24.1 Å². The Kier molecular flexibility index (Phi) is 5.38. The van der Waals surface area contributed by atoms with Crippen molar-refractivity contribution in [3.05, 3.63) is 95.3 Å². The average Bonchev–Trinajstić information content (AvgIpc) is 3.19. The van der Waals surface area contributed by atoms with Gasteiger partial charge in [-0.1, -0.05) is 41.7 Å². The molecule has 30 heavy (non-hydrogen) atoms. The third kappa shape index (κ3) is 3.97. The highest BCUT2D eigenvalue weighted by Crippen LogP contribution is 2.34. The second kappa shape index (κ2) is 8.27. The van der Waals surface area contributed by atoms with E-state index in [4.69, 9.17) is 5.26 Å². The number of para-hydroxylation sites is 1. The molecule has 4 aromatic rings. The Bertz CT molecular complexity index is 1270. The summed E-state index contributed by atoms with van der Waals surface area (Å²) in [5.74, 6) is -0.732. The molecule has 0 saturated carbocycles. The van der Waals surface area contributed by atoms with Crippen LogP contribution in [-0.2, 0) is 4.79 Å². The van der Waals surface area contributed by atoms with Crippen molar-refractivity contribution >= 4 is 44.4 Å². The van der Waals surface area contributed by atoms with Crippen molar-refractivity contribution in [1.82, 2.24) is 4.98 Å². The van der Waals surface area contributed by atoms with Crippen molar-refractivity contribution in [1.29, 1.82) is 5.26 Å². The van der Waals surface area contributed by atoms with Gasteiger partial charge in [0.2, 0.25) is 0 Å². The number of anilines is 2. The first kappa shape index (κ1) is 19.5. The number of halogens is 1. The van der Waals surface area contributed by atoms with Gasteiger partial charge in [-0.15, -0.1) is 0 Å². The van der Waals surface area contributed by atoms with E-state index in [1.54, 1.807) is 49.4 Å². The first-order valence-corrected chi connectivity index (χ1v) is 10.0. The number of nitriles is 1. The van der Waals surface area contributed by atoms with Gasteiger partial charge in [-0.25, -0.2) is 9.37 Å². The van der Waals surface area contributed by atoms with Crippen LogP contribution in [0.25, 0.3) is 16.3 Å². The lowest BCUT2D eigenvalue weighted by Crippen LogP contribution is -2.23. The second-order valence-corrected chi connectivity index (χ2v) is 7.65. The average molecular weight is 413 g/mol. The molecule has 0 aliphatic carbocycles. The zero-order chi connectivity index (χ0) is 21.1. The minimum absolute atomic E-state index is 0.346. The summed E-state index contributed by atoms with van der Waals surface area (Å²) in [6.07, 6.45) is 3.08. The van der Waals surface area contributed by atoms with Crippen LogP contribution in [0.2, 0.25) is 0 Å². The van der Waals surface area contributed by atoms with Gasteiger partial charge in [0.05, 0.1) is 27.5 Å². The Hall–Kier alpha value is -3.82. The van der Waals surface area contributed by atoms with E-state index in [1.165, 1.54) is 28.4 Å². The molecule has 0 saturated heterocycles. The van der Waals surface area contributed by atoms with Crippen LogP contribution in [0.15, 0.2) is 72.8 Å². The van der Waals surface area contributed by atoms with E-state index in [0.717, 1.165) is 15.8 Å². The molecular formula is C24H16FN3OS. The number of aryl methyl sites for hydroxylation is 1. The highest BCUT2D eigenvalue weighted by molar-refractivity contribution is 7.22. The molecule has 0 atom stereocenters. The Morgan fingerprint density at radius 2 is 1.90 bits per heavy atom. The Balaban J connectivity index is 1.73. The first-order valence-electron chi connectivity index (χ1n) is 9.19. The minimum atomic E-state index is -0.387. The van der Waals surface area contributed by atoms with E-state index in [-0.39, 0.29) is 11.7 Å². The van der Waals surface area contributed by atoms with Crippen molar-refractivity contribution in [3.63, 3.8) is 0 Å². The third-order valence-corrected chi connectivity index (χ3v) is 5.59. The predicted octanol–water partition coefficient (Wildman–Crippen LogP) is 5.99. The summed E-state index contributed by atoms with van der Waals surface area (Å²) >= 11 is 1.37. The number of carbonyl (C=O) groups excluding carboxylic acids is 1. The molecule has 0 fully saturated rings. The summed E-state index contributed by atoms with van der Waals surface area (Å²) in [7, 11) is 0. The molecule has 0 aliphatic rings. The van der Waals surface area contributed by atoms with Crippen LogP contribution in [0.1, 0.15) is 16.7 Å². The molecular weight excluding hydrogens is 397 g/mol. The van der Waals surface area contributed by atoms with Gasteiger partial charge in [-0.3, -0.25) is 9.69 Å². The van der Waals surface area contributed by atoms with E-state index in [0.29, 0.717) is 21.9 Å². The predicted molar refractivity (Wildman–Crippen MR) is 118 cm³/mol. The first-order chi connectivity index (χ1) is 14.5. The van der Waals surface area contributed by atoms with E-state index >= 15 is 0 Å². The van der Waals surface area contributed by atoms with E-state index in [9.17, 15) is 9.18 Å². The fourth-order valence-corrected chi connectivity index (χ4v) is 3.91. The van der Waals surface area contributed by atoms with E-state index in [1.807, 2.05) is 24.3 Å². The summed E-state index contributed by atoms with van der Waals surface area (Å²) in [5.41, 5.74) is 3.01. The quantitative estimate of drug-likeness (QED) is 0.386. The van der Waals surface area contributed by atoms with Gasteiger partial charge in [-0.2, -0.15) is 5.26 Å². The molecule has 146 valence electrons. The molecule has 0 radical (unpaired) electrons. The lowest BCUT2D eigenvalue weighted by molar-refractivity contribution is -0.113. The van der Waals surface area contributed by atoms with Gasteiger partial charge in [0, 0.05) is 6.08 Å². The number of benzene rings is 3. The lowest BCUT2D eigenvalue weighted by Gasteiger charge is -2.18. The normalized spacial score (nSPS) is 11.0. The number of amides is 1. The molecule has 0 aliphatic heterocycles. The molecule has 1 amide bonds. The lowest BCUT2D eigenvalue weighted by atomic mass is 10.1. The van der Waals surface area contributed by atoms with Gasteiger partial charge in [0.1, 0.15) is 5.82 Å². The Labute approximate surface area is 177 Å². The number of carbonyl (C=O) groups is 1.